The van der Waals surface area contributed by atoms with Crippen molar-refractivity contribution in [3.8, 4) is 0 Å². The molecule has 3 heterocycles. The molecule has 2 aromatic rings. The standard InChI is InChI=1S/C13H19N5OS/c19-12(11-18-4-1-2-15-18)10-16-5-7-17(8-6-16)13-14-3-9-20-13/h1-4,9,12,19H,5-8,10-11H2/t12-/m0/s1. The van der Waals surface area contributed by atoms with Gasteiger partial charge < -0.3 is 10.0 Å². The van der Waals surface area contributed by atoms with E-state index in [0.29, 0.717) is 13.1 Å². The predicted molar refractivity (Wildman–Crippen MR) is 79.0 cm³/mol. The van der Waals surface area contributed by atoms with E-state index < -0.39 is 0 Å². The van der Waals surface area contributed by atoms with Gasteiger partial charge in [-0.25, -0.2) is 4.98 Å². The van der Waals surface area contributed by atoms with Crippen LogP contribution in [-0.4, -0.2) is 63.6 Å². The first-order chi connectivity index (χ1) is 9.81. The lowest BCUT2D eigenvalue weighted by molar-refractivity contribution is 0.0920. The fourth-order valence-corrected chi connectivity index (χ4v) is 3.17. The highest BCUT2D eigenvalue weighted by atomic mass is 32.1. The van der Waals surface area contributed by atoms with Crippen LogP contribution in [0, 0.1) is 0 Å². The van der Waals surface area contributed by atoms with Gasteiger partial charge >= 0.3 is 0 Å². The average molecular weight is 293 g/mol. The largest absolute Gasteiger partial charge is 0.390 e. The average Bonchev–Trinajstić information content (AvgIpc) is 3.12. The van der Waals surface area contributed by atoms with Crippen LogP contribution in [-0.2, 0) is 6.54 Å². The third kappa shape index (κ3) is 3.36. The Balaban J connectivity index is 1.44. The van der Waals surface area contributed by atoms with E-state index in [1.165, 1.54) is 0 Å². The molecule has 1 fully saturated rings. The maximum absolute atomic E-state index is 10.1. The van der Waals surface area contributed by atoms with Crippen molar-refractivity contribution in [2.75, 3.05) is 37.6 Å². The minimum atomic E-state index is -0.374. The topological polar surface area (TPSA) is 57.4 Å². The number of β-amino-alcohol motifs (C(OH)–C–C–N with tert-alkyl or cyclic N) is 1. The molecule has 0 amide bonds. The molecular formula is C13H19N5OS. The van der Waals surface area contributed by atoms with Crippen molar-refractivity contribution < 1.29 is 5.11 Å². The number of aliphatic hydroxyl groups is 1. The molecule has 0 aliphatic carbocycles. The van der Waals surface area contributed by atoms with E-state index in [-0.39, 0.29) is 6.10 Å². The summed E-state index contributed by atoms with van der Waals surface area (Å²) in [5.41, 5.74) is 0. The van der Waals surface area contributed by atoms with Crippen molar-refractivity contribution >= 4 is 16.5 Å². The Bertz CT molecular complexity index is 493. The quantitative estimate of drug-likeness (QED) is 0.871. The number of hydrogen-bond donors (Lipinski definition) is 1. The van der Waals surface area contributed by atoms with Gasteiger partial charge in [-0.3, -0.25) is 9.58 Å². The zero-order valence-electron chi connectivity index (χ0n) is 11.3. The third-order valence-corrected chi connectivity index (χ3v) is 4.32. The maximum atomic E-state index is 10.1. The summed E-state index contributed by atoms with van der Waals surface area (Å²) in [6.07, 6.45) is 5.09. The van der Waals surface area contributed by atoms with Gasteiger partial charge in [0.25, 0.3) is 0 Å². The fraction of sp³-hybridized carbons (Fsp3) is 0.538. The number of aliphatic hydroxyl groups excluding tert-OH is 1. The van der Waals surface area contributed by atoms with Gasteiger partial charge in [-0.15, -0.1) is 11.3 Å². The molecule has 6 nitrogen and oxygen atoms in total. The lowest BCUT2D eigenvalue weighted by atomic mass is 10.2. The Kier molecular flexibility index (Phi) is 4.29. The van der Waals surface area contributed by atoms with E-state index in [4.69, 9.17) is 0 Å². The van der Waals surface area contributed by atoms with Crippen LogP contribution in [0.2, 0.25) is 0 Å². The van der Waals surface area contributed by atoms with E-state index in [1.54, 1.807) is 22.2 Å². The lowest BCUT2D eigenvalue weighted by Gasteiger charge is -2.35. The molecule has 0 bridgehead atoms. The number of piperazine rings is 1. The van der Waals surface area contributed by atoms with Gasteiger partial charge in [-0.2, -0.15) is 5.10 Å². The first kappa shape index (κ1) is 13.5. The van der Waals surface area contributed by atoms with Crippen LogP contribution in [0.1, 0.15) is 0 Å². The predicted octanol–water partition coefficient (Wildman–Crippen LogP) is 0.523. The summed E-state index contributed by atoms with van der Waals surface area (Å²) in [4.78, 5) is 8.95. The summed E-state index contributed by atoms with van der Waals surface area (Å²) < 4.78 is 1.77. The second-order valence-electron chi connectivity index (χ2n) is 4.98. The molecule has 20 heavy (non-hydrogen) atoms. The Morgan fingerprint density at radius 3 is 2.70 bits per heavy atom. The highest BCUT2D eigenvalue weighted by molar-refractivity contribution is 7.13. The van der Waals surface area contributed by atoms with Gasteiger partial charge in [0, 0.05) is 56.7 Å². The molecule has 0 saturated carbocycles. The molecule has 1 aliphatic heterocycles. The van der Waals surface area contributed by atoms with Crippen LogP contribution in [0.4, 0.5) is 5.13 Å². The van der Waals surface area contributed by atoms with Crippen LogP contribution in [0.25, 0.3) is 0 Å². The summed E-state index contributed by atoms with van der Waals surface area (Å²) in [7, 11) is 0. The van der Waals surface area contributed by atoms with Crippen molar-refractivity contribution in [1.82, 2.24) is 19.7 Å². The Hall–Kier alpha value is -1.44. The molecule has 1 saturated heterocycles. The Labute approximate surface area is 122 Å². The Morgan fingerprint density at radius 2 is 2.05 bits per heavy atom. The molecule has 1 N–H and O–H groups in total. The van der Waals surface area contributed by atoms with Crippen LogP contribution in [0.3, 0.4) is 0 Å². The monoisotopic (exact) mass is 293 g/mol. The molecule has 3 rings (SSSR count). The van der Waals surface area contributed by atoms with E-state index in [1.807, 2.05) is 23.8 Å². The second-order valence-corrected chi connectivity index (χ2v) is 5.86. The second kappa shape index (κ2) is 6.34. The summed E-state index contributed by atoms with van der Waals surface area (Å²) in [6.45, 7) is 5.14. The number of hydrogen-bond acceptors (Lipinski definition) is 6. The van der Waals surface area contributed by atoms with Gasteiger partial charge in [0.05, 0.1) is 12.6 Å². The number of thiazole rings is 1. The zero-order chi connectivity index (χ0) is 13.8. The molecule has 0 aromatic carbocycles. The fourth-order valence-electron chi connectivity index (χ4n) is 2.47. The smallest absolute Gasteiger partial charge is 0.185 e. The molecule has 2 aromatic heterocycles. The van der Waals surface area contributed by atoms with Gasteiger partial charge in [0.15, 0.2) is 5.13 Å². The van der Waals surface area contributed by atoms with E-state index in [2.05, 4.69) is 19.9 Å². The normalized spacial score (nSPS) is 18.4. The van der Waals surface area contributed by atoms with Crippen LogP contribution < -0.4 is 4.90 Å². The van der Waals surface area contributed by atoms with E-state index >= 15 is 0 Å². The first-order valence-corrected chi connectivity index (χ1v) is 7.71. The highest BCUT2D eigenvalue weighted by Gasteiger charge is 2.20. The van der Waals surface area contributed by atoms with Crippen molar-refractivity contribution in [2.45, 2.75) is 12.6 Å². The number of aromatic nitrogens is 3. The lowest BCUT2D eigenvalue weighted by Crippen LogP contribution is -2.49. The van der Waals surface area contributed by atoms with Crippen LogP contribution in [0.15, 0.2) is 30.0 Å². The SMILES string of the molecule is O[C@@H](CN1CCN(c2nccs2)CC1)Cn1cccn1. The van der Waals surface area contributed by atoms with Crippen molar-refractivity contribution in [2.24, 2.45) is 0 Å². The molecule has 0 spiro atoms. The van der Waals surface area contributed by atoms with Crippen molar-refractivity contribution in [3.63, 3.8) is 0 Å². The van der Waals surface area contributed by atoms with Gasteiger partial charge in [-0.05, 0) is 6.07 Å². The molecule has 7 heteroatoms. The number of nitrogens with zero attached hydrogens (tertiary/aromatic N) is 5. The van der Waals surface area contributed by atoms with Crippen molar-refractivity contribution in [1.29, 1.82) is 0 Å². The minimum Gasteiger partial charge on any atom is -0.390 e. The molecular weight excluding hydrogens is 274 g/mol. The van der Waals surface area contributed by atoms with Crippen LogP contribution >= 0.6 is 11.3 Å². The zero-order valence-corrected chi connectivity index (χ0v) is 12.1. The number of anilines is 1. The van der Waals surface area contributed by atoms with Gasteiger partial charge in [0.1, 0.15) is 0 Å². The summed E-state index contributed by atoms with van der Waals surface area (Å²) in [5, 5.41) is 17.3. The maximum Gasteiger partial charge on any atom is 0.185 e. The molecule has 1 atom stereocenters. The summed E-state index contributed by atoms with van der Waals surface area (Å²) in [5.74, 6) is 0. The van der Waals surface area contributed by atoms with E-state index in [9.17, 15) is 5.11 Å². The molecule has 0 unspecified atom stereocenters. The third-order valence-electron chi connectivity index (χ3n) is 3.49. The Morgan fingerprint density at radius 1 is 1.20 bits per heavy atom. The van der Waals surface area contributed by atoms with Crippen LogP contribution in [0.5, 0.6) is 0 Å². The summed E-state index contributed by atoms with van der Waals surface area (Å²) in [6, 6.07) is 1.87. The molecule has 1 aliphatic rings. The first-order valence-electron chi connectivity index (χ1n) is 6.83. The molecule has 0 radical (unpaired) electrons. The van der Waals surface area contributed by atoms with Gasteiger partial charge in [-0.1, -0.05) is 0 Å². The number of rotatable bonds is 5. The highest BCUT2D eigenvalue weighted by Crippen LogP contribution is 2.18. The van der Waals surface area contributed by atoms with Gasteiger partial charge in [0.2, 0.25) is 0 Å². The minimum absolute atomic E-state index is 0.374. The van der Waals surface area contributed by atoms with E-state index in [0.717, 1.165) is 31.3 Å². The van der Waals surface area contributed by atoms with Crippen molar-refractivity contribution in [3.05, 3.63) is 30.0 Å². The molecule has 108 valence electrons. The summed E-state index contributed by atoms with van der Waals surface area (Å²) >= 11 is 1.68.